The van der Waals surface area contributed by atoms with Crippen LogP contribution in [0.5, 0.6) is 0 Å². The van der Waals surface area contributed by atoms with Crippen molar-refractivity contribution in [2.45, 2.75) is 105 Å². The van der Waals surface area contributed by atoms with Crippen molar-refractivity contribution in [3.05, 3.63) is 34.9 Å². The molecule has 0 bridgehead atoms. The van der Waals surface area contributed by atoms with Crippen molar-refractivity contribution in [1.29, 1.82) is 0 Å². The molecule has 0 spiro atoms. The van der Waals surface area contributed by atoms with E-state index in [1.165, 1.54) is 28.5 Å². The van der Waals surface area contributed by atoms with Crippen LogP contribution in [0, 0.1) is 5.41 Å². The summed E-state index contributed by atoms with van der Waals surface area (Å²) >= 11 is 1.48. The Kier molecular flexibility index (Phi) is 12.9. The second kappa shape index (κ2) is 14.5. The molecule has 7 heteroatoms. The van der Waals surface area contributed by atoms with Gasteiger partial charge in [-0.15, -0.1) is 0 Å². The number of rotatable bonds is 15. The number of esters is 1. The monoisotopic (exact) mass is 507 g/mol. The molecule has 198 valence electrons. The summed E-state index contributed by atoms with van der Waals surface area (Å²) in [6.07, 6.45) is 12.0. The molecule has 1 fully saturated rings. The maximum absolute atomic E-state index is 12.7. The first-order valence-electron chi connectivity index (χ1n) is 12.5. The second-order valence-corrected chi connectivity index (χ2v) is 12.0. The number of carboxylic acid groups (broad SMARTS) is 1. The van der Waals surface area contributed by atoms with Crippen LogP contribution in [0.25, 0.3) is 0 Å². The summed E-state index contributed by atoms with van der Waals surface area (Å²) in [5.41, 5.74) is 2.59. The van der Waals surface area contributed by atoms with Crippen molar-refractivity contribution >= 4 is 29.6 Å². The van der Waals surface area contributed by atoms with Crippen molar-refractivity contribution in [2.75, 3.05) is 11.5 Å². The van der Waals surface area contributed by atoms with E-state index < -0.39 is 29.0 Å². The molecule has 0 aliphatic heterocycles. The summed E-state index contributed by atoms with van der Waals surface area (Å²) in [6.45, 7) is 13.8. The minimum absolute atomic E-state index is 0.0135. The van der Waals surface area contributed by atoms with Gasteiger partial charge in [0.15, 0.2) is 0 Å². The zero-order valence-corrected chi connectivity index (χ0v) is 23.5. The molecule has 1 amide bonds. The summed E-state index contributed by atoms with van der Waals surface area (Å²) in [6, 6.07) is -0.983. The van der Waals surface area contributed by atoms with Crippen molar-refractivity contribution < 1.29 is 24.2 Å². The van der Waals surface area contributed by atoms with E-state index in [0.29, 0.717) is 18.6 Å². The molecule has 6 nitrogen and oxygen atoms in total. The van der Waals surface area contributed by atoms with Crippen LogP contribution in [-0.4, -0.2) is 46.1 Å². The average Bonchev–Trinajstić information content (AvgIpc) is 3.48. The maximum atomic E-state index is 12.7. The van der Waals surface area contributed by atoms with E-state index in [1.807, 2.05) is 0 Å². The molecular weight excluding hydrogens is 462 g/mol. The molecule has 1 saturated carbocycles. The van der Waals surface area contributed by atoms with Crippen molar-refractivity contribution in [1.82, 2.24) is 5.32 Å². The lowest BCUT2D eigenvalue weighted by Crippen LogP contribution is -2.46. The van der Waals surface area contributed by atoms with Gasteiger partial charge in [-0.2, -0.15) is 11.8 Å². The Balaban J connectivity index is 2.43. The van der Waals surface area contributed by atoms with Crippen molar-refractivity contribution in [3.8, 4) is 0 Å². The lowest BCUT2D eigenvalue weighted by molar-refractivity contribution is -0.158. The van der Waals surface area contributed by atoms with Gasteiger partial charge in [-0.25, -0.2) is 4.79 Å². The Bertz CT molecular complexity index is 827. The number of thioether (sulfide) groups is 1. The van der Waals surface area contributed by atoms with Gasteiger partial charge < -0.3 is 15.2 Å². The first kappa shape index (κ1) is 31.0. The number of amides is 1. The van der Waals surface area contributed by atoms with Gasteiger partial charge in [-0.3, -0.25) is 9.59 Å². The van der Waals surface area contributed by atoms with Gasteiger partial charge in [-0.05, 0) is 87.0 Å². The Morgan fingerprint density at radius 2 is 1.57 bits per heavy atom. The fraction of sp³-hybridized carbons (Fsp3) is 0.679. The number of nitrogens with one attached hydrogen (secondary N) is 1. The highest BCUT2D eigenvalue weighted by atomic mass is 32.2. The van der Waals surface area contributed by atoms with E-state index in [-0.39, 0.29) is 18.1 Å². The molecule has 1 rings (SSSR count). The molecule has 0 radical (unpaired) electrons. The first-order valence-corrected chi connectivity index (χ1v) is 13.7. The first-order chi connectivity index (χ1) is 16.2. The molecule has 2 N–H and O–H groups in total. The highest BCUT2D eigenvalue weighted by molar-refractivity contribution is 7.99. The molecule has 0 aromatic carbocycles. The summed E-state index contributed by atoms with van der Waals surface area (Å²) in [5.74, 6) is -0.887. The van der Waals surface area contributed by atoms with E-state index in [0.717, 1.165) is 25.7 Å². The quantitative estimate of drug-likeness (QED) is 0.155. The molecule has 35 heavy (non-hydrogen) atoms. The predicted molar refractivity (Wildman–Crippen MR) is 144 cm³/mol. The molecule has 0 aromatic rings. The molecule has 0 heterocycles. The average molecular weight is 508 g/mol. The van der Waals surface area contributed by atoms with Crippen LogP contribution >= 0.6 is 11.8 Å². The number of allylic oxidation sites excluding steroid dienone is 5. The smallest absolute Gasteiger partial charge is 0.327 e. The van der Waals surface area contributed by atoms with Crippen molar-refractivity contribution in [2.24, 2.45) is 5.41 Å². The summed E-state index contributed by atoms with van der Waals surface area (Å²) in [7, 11) is 0. The Morgan fingerprint density at radius 1 is 1.00 bits per heavy atom. The van der Waals surface area contributed by atoms with Crippen LogP contribution in [0.1, 0.15) is 93.4 Å². The summed E-state index contributed by atoms with van der Waals surface area (Å²) in [5, 5.41) is 12.2. The van der Waals surface area contributed by atoms with Gasteiger partial charge in [0.25, 0.3) is 0 Å². The number of carbonyl (C=O) groups excluding carboxylic acids is 2. The van der Waals surface area contributed by atoms with Crippen LogP contribution in [0.2, 0.25) is 0 Å². The number of aliphatic carboxylic acids is 1. The van der Waals surface area contributed by atoms with Gasteiger partial charge in [0.1, 0.15) is 11.6 Å². The van der Waals surface area contributed by atoms with Gasteiger partial charge in [-0.1, -0.05) is 34.9 Å². The Morgan fingerprint density at radius 3 is 2.09 bits per heavy atom. The zero-order chi connectivity index (χ0) is 26.6. The van der Waals surface area contributed by atoms with Crippen LogP contribution in [0.3, 0.4) is 0 Å². The third kappa shape index (κ3) is 13.6. The second-order valence-electron chi connectivity index (χ2n) is 10.9. The normalized spacial score (nSPS) is 16.3. The molecule has 1 atom stereocenters. The zero-order valence-electron chi connectivity index (χ0n) is 22.7. The number of hydrogen-bond donors (Lipinski definition) is 2. The highest BCUT2D eigenvalue weighted by Gasteiger charge is 2.52. The topological polar surface area (TPSA) is 92.7 Å². The molecule has 1 aliphatic rings. The van der Waals surface area contributed by atoms with Gasteiger partial charge >= 0.3 is 11.9 Å². The number of carbonyl (C=O) groups is 3. The minimum atomic E-state index is -1.06. The number of carboxylic acids is 1. The van der Waals surface area contributed by atoms with Crippen molar-refractivity contribution in [3.63, 3.8) is 0 Å². The lowest BCUT2D eigenvalue weighted by atomic mass is 10.0. The maximum Gasteiger partial charge on any atom is 0.327 e. The molecule has 0 aromatic heterocycles. The minimum Gasteiger partial charge on any atom is -0.480 e. The van der Waals surface area contributed by atoms with Crippen LogP contribution in [0.4, 0.5) is 0 Å². The van der Waals surface area contributed by atoms with Crippen LogP contribution < -0.4 is 5.32 Å². The molecule has 1 aliphatic carbocycles. The fourth-order valence-corrected chi connectivity index (χ4v) is 4.50. The van der Waals surface area contributed by atoms with E-state index in [4.69, 9.17) is 4.74 Å². The van der Waals surface area contributed by atoms with E-state index in [9.17, 15) is 19.5 Å². The molecular formula is C28H45NO5S. The SMILES string of the molecule is CC(C)=CCC/C(C)=C/CC/C(C)=C/CSC[C@H](NC(=O)C1(CC(=O)OC(C)(C)C)CC1)C(=O)O. The standard InChI is InChI=1S/C28H45NO5S/c1-20(2)10-8-11-21(3)12-9-13-22(4)14-17-35-19-23(25(31)32)29-26(33)28(15-16-28)18-24(30)34-27(5,6)7/h10,12,14,23H,8-9,11,13,15-19H2,1-7H3,(H,29,33)(H,31,32)/b21-12+,22-14+/t23-/m0/s1. The van der Waals surface area contributed by atoms with Crippen LogP contribution in [-0.2, 0) is 19.1 Å². The lowest BCUT2D eigenvalue weighted by Gasteiger charge is -2.23. The highest BCUT2D eigenvalue weighted by Crippen LogP contribution is 2.49. The van der Waals surface area contributed by atoms with E-state index in [2.05, 4.69) is 51.2 Å². The van der Waals surface area contributed by atoms with Gasteiger partial charge in [0, 0.05) is 11.5 Å². The molecule has 0 unspecified atom stereocenters. The Hall–Kier alpha value is -2.02. The van der Waals surface area contributed by atoms with Gasteiger partial charge in [0.2, 0.25) is 5.91 Å². The summed E-state index contributed by atoms with van der Waals surface area (Å²) in [4.78, 5) is 36.6. The fourth-order valence-electron chi connectivity index (χ4n) is 3.50. The largest absolute Gasteiger partial charge is 0.480 e. The Labute approximate surface area is 216 Å². The molecule has 0 saturated heterocycles. The van der Waals surface area contributed by atoms with Gasteiger partial charge in [0.05, 0.1) is 11.8 Å². The third-order valence-electron chi connectivity index (χ3n) is 5.80. The van der Waals surface area contributed by atoms with E-state index in [1.54, 1.807) is 20.8 Å². The number of ether oxygens (including phenoxy) is 1. The third-order valence-corrected chi connectivity index (χ3v) is 6.77. The number of hydrogen-bond acceptors (Lipinski definition) is 5. The van der Waals surface area contributed by atoms with Crippen LogP contribution in [0.15, 0.2) is 34.9 Å². The van der Waals surface area contributed by atoms with E-state index >= 15 is 0 Å². The predicted octanol–water partition coefficient (Wildman–Crippen LogP) is 6.22. The summed E-state index contributed by atoms with van der Waals surface area (Å²) < 4.78 is 5.33.